The van der Waals surface area contributed by atoms with E-state index >= 15 is 0 Å². The van der Waals surface area contributed by atoms with E-state index in [1.807, 2.05) is 37.3 Å². The van der Waals surface area contributed by atoms with Gasteiger partial charge in [0.05, 0.1) is 12.6 Å². The molecule has 0 aliphatic carbocycles. The van der Waals surface area contributed by atoms with Crippen molar-refractivity contribution in [1.29, 1.82) is 0 Å². The predicted molar refractivity (Wildman–Crippen MR) is 110 cm³/mol. The van der Waals surface area contributed by atoms with Gasteiger partial charge in [-0.2, -0.15) is 0 Å². The molecule has 146 valence electrons. The number of nitrogens with zero attached hydrogens (tertiary/aromatic N) is 2. The van der Waals surface area contributed by atoms with Gasteiger partial charge >= 0.3 is 11.8 Å². The fraction of sp³-hybridized carbons (Fsp3) is 0.250. The number of halogens is 1. The molecule has 3 rings (SSSR count). The lowest BCUT2D eigenvalue weighted by Crippen LogP contribution is -2.44. The highest BCUT2D eigenvalue weighted by Crippen LogP contribution is 2.29. The number of aromatic nitrogens is 1. The molecule has 2 aromatic heterocycles. The van der Waals surface area contributed by atoms with E-state index in [1.165, 1.54) is 4.90 Å². The van der Waals surface area contributed by atoms with E-state index < -0.39 is 11.8 Å². The van der Waals surface area contributed by atoms with Gasteiger partial charge in [-0.05, 0) is 30.5 Å². The lowest BCUT2D eigenvalue weighted by atomic mass is 10.2. The van der Waals surface area contributed by atoms with E-state index in [4.69, 9.17) is 11.6 Å². The standard InChI is InChI=1S/C20H20ClN3O3S/c1-13(17-11-14-5-2-3-7-16(14)28-17)23-19(26)20(27)24(9-10-25)12-15-6-4-8-22-18(15)21/h2-8,11,13,25H,9-10,12H2,1H3,(H,23,26). The van der Waals surface area contributed by atoms with Crippen molar-refractivity contribution in [3.63, 3.8) is 0 Å². The average molecular weight is 418 g/mol. The summed E-state index contributed by atoms with van der Waals surface area (Å²) in [6.45, 7) is 1.69. The highest BCUT2D eigenvalue weighted by molar-refractivity contribution is 7.19. The zero-order valence-electron chi connectivity index (χ0n) is 15.3. The highest BCUT2D eigenvalue weighted by Gasteiger charge is 2.24. The summed E-state index contributed by atoms with van der Waals surface area (Å²) in [4.78, 5) is 31.3. The van der Waals surface area contributed by atoms with Gasteiger partial charge < -0.3 is 15.3 Å². The first-order valence-corrected chi connectivity index (χ1v) is 9.97. The number of aliphatic hydroxyl groups is 1. The number of amides is 2. The zero-order chi connectivity index (χ0) is 20.1. The van der Waals surface area contributed by atoms with Crippen LogP contribution < -0.4 is 5.32 Å². The van der Waals surface area contributed by atoms with E-state index in [2.05, 4.69) is 10.3 Å². The van der Waals surface area contributed by atoms with Crippen molar-refractivity contribution < 1.29 is 14.7 Å². The van der Waals surface area contributed by atoms with Crippen LogP contribution in [0.5, 0.6) is 0 Å². The summed E-state index contributed by atoms with van der Waals surface area (Å²) in [6.07, 6.45) is 1.55. The molecule has 0 saturated carbocycles. The van der Waals surface area contributed by atoms with Crippen molar-refractivity contribution >= 4 is 44.8 Å². The third-order valence-corrected chi connectivity index (χ3v) is 5.91. The highest BCUT2D eigenvalue weighted by atomic mass is 35.5. The lowest BCUT2D eigenvalue weighted by molar-refractivity contribution is -0.146. The minimum atomic E-state index is -0.724. The Labute approximate surface area is 171 Å². The van der Waals surface area contributed by atoms with Crippen molar-refractivity contribution in [2.45, 2.75) is 19.5 Å². The van der Waals surface area contributed by atoms with Gasteiger partial charge in [0.25, 0.3) is 0 Å². The number of fused-ring (bicyclic) bond motifs is 1. The minimum Gasteiger partial charge on any atom is -0.395 e. The second-order valence-corrected chi connectivity index (χ2v) is 7.76. The van der Waals surface area contributed by atoms with Gasteiger partial charge in [0.1, 0.15) is 5.15 Å². The normalized spacial score (nSPS) is 12.0. The molecule has 0 spiro atoms. The lowest BCUT2D eigenvalue weighted by Gasteiger charge is -2.22. The van der Waals surface area contributed by atoms with Crippen molar-refractivity contribution in [2.75, 3.05) is 13.2 Å². The number of hydrogen-bond donors (Lipinski definition) is 2. The van der Waals surface area contributed by atoms with Crippen LogP contribution in [0.25, 0.3) is 10.1 Å². The van der Waals surface area contributed by atoms with Gasteiger partial charge in [0.2, 0.25) is 0 Å². The van der Waals surface area contributed by atoms with Crippen LogP contribution in [0.3, 0.4) is 0 Å². The molecule has 28 heavy (non-hydrogen) atoms. The molecule has 0 aliphatic heterocycles. The van der Waals surface area contributed by atoms with E-state index in [0.29, 0.717) is 5.56 Å². The Bertz CT molecular complexity index is 958. The molecular weight excluding hydrogens is 398 g/mol. The Morgan fingerprint density at radius 1 is 1.29 bits per heavy atom. The number of carbonyl (C=O) groups excluding carboxylic acids is 2. The van der Waals surface area contributed by atoms with Crippen LogP contribution in [-0.4, -0.2) is 40.0 Å². The van der Waals surface area contributed by atoms with E-state index in [0.717, 1.165) is 15.0 Å². The van der Waals surface area contributed by atoms with Gasteiger partial charge in [-0.1, -0.05) is 35.9 Å². The zero-order valence-corrected chi connectivity index (χ0v) is 16.8. The average Bonchev–Trinajstić information content (AvgIpc) is 3.13. The number of benzene rings is 1. The number of pyridine rings is 1. The number of nitrogens with one attached hydrogen (secondary N) is 1. The van der Waals surface area contributed by atoms with Gasteiger partial charge in [-0.15, -0.1) is 11.3 Å². The largest absolute Gasteiger partial charge is 0.395 e. The molecule has 2 heterocycles. The minimum absolute atomic E-state index is 0.0226. The van der Waals surface area contributed by atoms with E-state index in [-0.39, 0.29) is 30.9 Å². The van der Waals surface area contributed by atoms with Crippen LogP contribution in [0.4, 0.5) is 0 Å². The maximum Gasteiger partial charge on any atom is 0.312 e. The third-order valence-electron chi connectivity index (χ3n) is 4.27. The first-order valence-electron chi connectivity index (χ1n) is 8.78. The third kappa shape index (κ3) is 4.67. The Balaban J connectivity index is 1.70. The summed E-state index contributed by atoms with van der Waals surface area (Å²) in [5, 5.41) is 13.4. The maximum atomic E-state index is 12.6. The molecule has 0 saturated heterocycles. The van der Waals surface area contributed by atoms with Gasteiger partial charge in [-0.25, -0.2) is 4.98 Å². The van der Waals surface area contributed by atoms with Crippen molar-refractivity contribution in [2.24, 2.45) is 0 Å². The Hall–Kier alpha value is -2.48. The molecule has 6 nitrogen and oxygen atoms in total. The van der Waals surface area contributed by atoms with Crippen LogP contribution in [-0.2, 0) is 16.1 Å². The first-order chi connectivity index (χ1) is 13.5. The van der Waals surface area contributed by atoms with Crippen LogP contribution in [0.1, 0.15) is 23.4 Å². The molecule has 3 aromatic rings. The molecule has 8 heteroatoms. The summed E-state index contributed by atoms with van der Waals surface area (Å²) >= 11 is 7.62. The molecule has 2 N–H and O–H groups in total. The summed E-state index contributed by atoms with van der Waals surface area (Å²) in [5.41, 5.74) is 0.608. The molecule has 2 amide bonds. The van der Waals surface area contributed by atoms with Crippen molar-refractivity contribution in [1.82, 2.24) is 15.2 Å². The SMILES string of the molecule is CC(NC(=O)C(=O)N(CCO)Cc1cccnc1Cl)c1cc2ccccc2s1. The van der Waals surface area contributed by atoms with Gasteiger partial charge in [0.15, 0.2) is 0 Å². The Kier molecular flexibility index (Phi) is 6.61. The fourth-order valence-corrected chi connectivity index (χ4v) is 4.05. The molecule has 1 aromatic carbocycles. The first kappa shape index (κ1) is 20.3. The number of carbonyl (C=O) groups is 2. The quantitative estimate of drug-likeness (QED) is 0.476. The molecule has 1 unspecified atom stereocenters. The molecule has 0 bridgehead atoms. The van der Waals surface area contributed by atoms with E-state index in [9.17, 15) is 14.7 Å². The van der Waals surface area contributed by atoms with Gasteiger partial charge in [0, 0.05) is 34.4 Å². The Morgan fingerprint density at radius 2 is 2.07 bits per heavy atom. The number of aliphatic hydroxyl groups excluding tert-OH is 1. The molecule has 0 fully saturated rings. The van der Waals surface area contributed by atoms with Crippen molar-refractivity contribution in [3.8, 4) is 0 Å². The molecule has 1 atom stereocenters. The molecule has 0 aliphatic rings. The predicted octanol–water partition coefficient (Wildman–Crippen LogP) is 3.15. The second-order valence-electron chi connectivity index (χ2n) is 6.29. The van der Waals surface area contributed by atoms with Gasteiger partial charge in [-0.3, -0.25) is 9.59 Å². The molecule has 0 radical (unpaired) electrons. The Morgan fingerprint density at radius 3 is 2.79 bits per heavy atom. The topological polar surface area (TPSA) is 82.5 Å². The summed E-state index contributed by atoms with van der Waals surface area (Å²) < 4.78 is 1.12. The summed E-state index contributed by atoms with van der Waals surface area (Å²) in [7, 11) is 0. The van der Waals surface area contributed by atoms with E-state index in [1.54, 1.807) is 29.7 Å². The summed E-state index contributed by atoms with van der Waals surface area (Å²) in [6, 6.07) is 13.1. The van der Waals surface area contributed by atoms with Crippen molar-refractivity contribution in [3.05, 3.63) is 64.3 Å². The number of hydrogen-bond acceptors (Lipinski definition) is 5. The number of rotatable bonds is 6. The van der Waals surface area contributed by atoms with Crippen LogP contribution in [0.15, 0.2) is 48.7 Å². The molecular formula is C20H20ClN3O3S. The fourth-order valence-electron chi connectivity index (χ4n) is 2.80. The monoisotopic (exact) mass is 417 g/mol. The van der Waals surface area contributed by atoms with Crippen LogP contribution >= 0.6 is 22.9 Å². The van der Waals surface area contributed by atoms with Crippen LogP contribution in [0, 0.1) is 0 Å². The van der Waals surface area contributed by atoms with Crippen LogP contribution in [0.2, 0.25) is 5.15 Å². The second kappa shape index (κ2) is 9.14. The summed E-state index contributed by atoms with van der Waals surface area (Å²) in [5.74, 6) is -1.44. The maximum absolute atomic E-state index is 12.6. The number of thiophene rings is 1. The smallest absolute Gasteiger partial charge is 0.312 e.